The monoisotopic (exact) mass is 563 g/mol. The number of nitrogens with one attached hydrogen (secondary N) is 3. The molecule has 1 unspecified atom stereocenters. The van der Waals surface area contributed by atoms with Gasteiger partial charge in [0.2, 0.25) is 11.8 Å². The molecule has 7 nitrogen and oxygen atoms in total. The summed E-state index contributed by atoms with van der Waals surface area (Å²) in [5, 5.41) is 8.38. The van der Waals surface area contributed by atoms with E-state index < -0.39 is 23.1 Å². The van der Waals surface area contributed by atoms with Crippen molar-refractivity contribution in [3.05, 3.63) is 47.3 Å². The molecular weight excluding hydrogens is 512 g/mol. The molecule has 0 aliphatic heterocycles. The highest BCUT2D eigenvalue weighted by Gasteiger charge is 2.23. The molecule has 1 saturated carbocycles. The Morgan fingerprint density at radius 2 is 1.77 bits per heavy atom. The maximum atomic E-state index is 13.9. The molecule has 0 bridgehead atoms. The summed E-state index contributed by atoms with van der Waals surface area (Å²) in [6, 6.07) is 2.17. The van der Waals surface area contributed by atoms with Gasteiger partial charge in [-0.25, -0.2) is 8.78 Å². The van der Waals surface area contributed by atoms with E-state index in [1.165, 1.54) is 57.4 Å². The van der Waals surface area contributed by atoms with Gasteiger partial charge in [-0.3, -0.25) is 14.6 Å². The van der Waals surface area contributed by atoms with Crippen LogP contribution in [0.2, 0.25) is 0 Å². The van der Waals surface area contributed by atoms with E-state index in [0.29, 0.717) is 30.4 Å². The molecule has 2 aliphatic rings. The lowest BCUT2D eigenvalue weighted by molar-refractivity contribution is -0.120. The SMILES string of the molecule is C=C(NC=NC(C)(C)CC(N)=O)NC(=O)CNC1CCc2cc(F)cc(F)c2C1.CCC.CCC1CCCCC1. The molecule has 5 N–H and O–H groups in total. The van der Waals surface area contributed by atoms with Crippen molar-refractivity contribution in [3.63, 3.8) is 0 Å². The fourth-order valence-electron chi connectivity index (χ4n) is 4.80. The summed E-state index contributed by atoms with van der Waals surface area (Å²) in [6.45, 7) is 13.8. The average molecular weight is 564 g/mol. The smallest absolute Gasteiger partial charge is 0.239 e. The van der Waals surface area contributed by atoms with Gasteiger partial charge in [0.05, 0.1) is 24.8 Å². The van der Waals surface area contributed by atoms with Crippen LogP contribution in [0.4, 0.5) is 8.78 Å². The van der Waals surface area contributed by atoms with Gasteiger partial charge in [0, 0.05) is 12.1 Å². The van der Waals surface area contributed by atoms with Crippen molar-refractivity contribution in [2.24, 2.45) is 16.6 Å². The van der Waals surface area contributed by atoms with Crippen molar-refractivity contribution in [1.29, 1.82) is 0 Å². The number of hydrogen-bond donors (Lipinski definition) is 4. The Morgan fingerprint density at radius 3 is 2.35 bits per heavy atom. The molecule has 0 aromatic heterocycles. The first-order valence-electron chi connectivity index (χ1n) is 14.7. The second-order valence-electron chi connectivity index (χ2n) is 11.4. The number of nitrogens with two attached hydrogens (primary N) is 1. The number of rotatable bonds is 10. The zero-order valence-electron chi connectivity index (χ0n) is 25.2. The van der Waals surface area contributed by atoms with Crippen LogP contribution >= 0.6 is 0 Å². The lowest BCUT2D eigenvalue weighted by Crippen LogP contribution is -2.43. The number of fused-ring (bicyclic) bond motifs is 1. The van der Waals surface area contributed by atoms with Crippen LogP contribution in [-0.4, -0.2) is 36.3 Å². The van der Waals surface area contributed by atoms with Crippen LogP contribution in [0.3, 0.4) is 0 Å². The first kappa shape index (κ1) is 35.2. The number of halogens is 2. The molecule has 226 valence electrons. The van der Waals surface area contributed by atoms with Crippen LogP contribution in [0, 0.1) is 17.6 Å². The Labute approximate surface area is 239 Å². The number of carbonyl (C=O) groups excluding carboxylic acids is 2. The number of benzene rings is 1. The lowest BCUT2D eigenvalue weighted by Gasteiger charge is -2.26. The van der Waals surface area contributed by atoms with Gasteiger partial charge in [0.1, 0.15) is 17.5 Å². The Bertz CT molecular complexity index is 975. The molecular formula is C31H51F2N5O2. The zero-order chi connectivity index (χ0) is 30.1. The molecule has 0 radical (unpaired) electrons. The number of nitrogens with zero attached hydrogens (tertiary/aromatic N) is 1. The molecule has 9 heteroatoms. The molecule has 0 saturated heterocycles. The van der Waals surface area contributed by atoms with Crippen molar-refractivity contribution in [2.45, 2.75) is 117 Å². The topological polar surface area (TPSA) is 109 Å². The third-order valence-electron chi connectivity index (χ3n) is 6.87. The molecule has 40 heavy (non-hydrogen) atoms. The van der Waals surface area contributed by atoms with Gasteiger partial charge in [-0.15, -0.1) is 0 Å². The number of hydrogen-bond acceptors (Lipinski definition) is 4. The van der Waals surface area contributed by atoms with Crippen LogP contribution in [0.15, 0.2) is 29.5 Å². The van der Waals surface area contributed by atoms with Gasteiger partial charge in [-0.05, 0) is 56.2 Å². The third kappa shape index (κ3) is 14.5. The predicted molar refractivity (Wildman–Crippen MR) is 160 cm³/mol. The van der Waals surface area contributed by atoms with E-state index in [9.17, 15) is 18.4 Å². The maximum absolute atomic E-state index is 13.9. The minimum absolute atomic E-state index is 0.0217. The van der Waals surface area contributed by atoms with Crippen LogP contribution in [0.1, 0.15) is 104 Å². The highest BCUT2D eigenvalue weighted by Crippen LogP contribution is 2.26. The third-order valence-corrected chi connectivity index (χ3v) is 6.87. The first-order chi connectivity index (χ1) is 18.9. The number of aryl methyl sites for hydroxylation is 1. The van der Waals surface area contributed by atoms with Crippen LogP contribution in [-0.2, 0) is 22.4 Å². The van der Waals surface area contributed by atoms with Gasteiger partial charge in [-0.1, -0.05) is 72.3 Å². The maximum Gasteiger partial charge on any atom is 0.239 e. The fraction of sp³-hybridized carbons (Fsp3) is 0.645. The summed E-state index contributed by atoms with van der Waals surface area (Å²) < 4.78 is 27.2. The van der Waals surface area contributed by atoms with Gasteiger partial charge < -0.3 is 21.7 Å². The largest absolute Gasteiger partial charge is 0.370 e. The molecule has 1 aromatic rings. The number of aliphatic imine (C=N–C) groups is 1. The second-order valence-corrected chi connectivity index (χ2v) is 11.4. The molecule has 3 rings (SSSR count). The van der Waals surface area contributed by atoms with E-state index in [1.807, 2.05) is 0 Å². The number of amides is 2. The highest BCUT2D eigenvalue weighted by molar-refractivity contribution is 5.80. The normalized spacial score (nSPS) is 17.0. The molecule has 2 amide bonds. The van der Waals surface area contributed by atoms with Crippen molar-refractivity contribution >= 4 is 18.2 Å². The Morgan fingerprint density at radius 1 is 1.12 bits per heavy atom. The quantitative estimate of drug-likeness (QED) is 0.217. The van der Waals surface area contributed by atoms with Crippen molar-refractivity contribution < 1.29 is 18.4 Å². The molecule has 0 spiro atoms. The van der Waals surface area contributed by atoms with E-state index >= 15 is 0 Å². The van der Waals surface area contributed by atoms with Crippen LogP contribution < -0.4 is 21.7 Å². The lowest BCUT2D eigenvalue weighted by atomic mass is 9.88. The van der Waals surface area contributed by atoms with Crippen molar-refractivity contribution in [2.75, 3.05) is 6.54 Å². The van der Waals surface area contributed by atoms with E-state index in [4.69, 9.17) is 5.73 Å². The average Bonchev–Trinajstić information content (AvgIpc) is 2.88. The van der Waals surface area contributed by atoms with Crippen molar-refractivity contribution in [1.82, 2.24) is 16.0 Å². The summed E-state index contributed by atoms with van der Waals surface area (Å²) in [4.78, 5) is 27.2. The van der Waals surface area contributed by atoms with E-state index in [-0.39, 0.29) is 30.7 Å². The van der Waals surface area contributed by atoms with Gasteiger partial charge in [0.25, 0.3) is 0 Å². The molecule has 1 atom stereocenters. The van der Waals surface area contributed by atoms with E-state index in [2.05, 4.69) is 48.3 Å². The molecule has 2 aliphatic carbocycles. The summed E-state index contributed by atoms with van der Waals surface area (Å²) in [5.41, 5.74) is 5.67. The standard InChI is InChI=1S/C20H27F2N5O2.C8H16.C3H8/c1-12(25-11-26-20(2,3)9-18(23)28)27-19(29)10-24-15-5-4-13-6-14(21)7-17(22)16(13)8-15;1-2-8-6-4-3-5-7-8;1-3-2/h6-7,11,15,24H,1,4-5,8-10H2,2-3H3,(H2,23,28)(H,25,26)(H,27,29);8H,2-7H2,1H3;3H2,1-2H3. The van der Waals surface area contributed by atoms with Gasteiger partial charge >= 0.3 is 0 Å². The Hall–Kier alpha value is -2.81. The summed E-state index contributed by atoms with van der Waals surface area (Å²) in [5.74, 6) is -0.584. The predicted octanol–water partition coefficient (Wildman–Crippen LogP) is 5.66. The van der Waals surface area contributed by atoms with E-state index in [0.717, 1.165) is 12.0 Å². The minimum atomic E-state index is -0.667. The summed E-state index contributed by atoms with van der Waals surface area (Å²) in [7, 11) is 0. The Kier molecular flexibility index (Phi) is 16.3. The number of primary amides is 1. The van der Waals surface area contributed by atoms with Gasteiger partial charge in [0.15, 0.2) is 0 Å². The first-order valence-corrected chi connectivity index (χ1v) is 14.7. The van der Waals surface area contributed by atoms with E-state index in [1.54, 1.807) is 13.8 Å². The highest BCUT2D eigenvalue weighted by atomic mass is 19.1. The number of carbonyl (C=O) groups is 2. The van der Waals surface area contributed by atoms with Crippen LogP contribution in [0.5, 0.6) is 0 Å². The van der Waals surface area contributed by atoms with Crippen molar-refractivity contribution in [3.8, 4) is 0 Å². The van der Waals surface area contributed by atoms with Crippen LogP contribution in [0.25, 0.3) is 0 Å². The second kappa shape index (κ2) is 18.5. The molecule has 0 heterocycles. The summed E-state index contributed by atoms with van der Waals surface area (Å²) >= 11 is 0. The minimum Gasteiger partial charge on any atom is -0.370 e. The zero-order valence-corrected chi connectivity index (χ0v) is 25.2. The summed E-state index contributed by atoms with van der Waals surface area (Å²) in [6.07, 6.45) is 13.2. The fourth-order valence-corrected chi connectivity index (χ4v) is 4.80. The van der Waals surface area contributed by atoms with Gasteiger partial charge in [-0.2, -0.15) is 0 Å². The molecule has 1 aromatic carbocycles. The Balaban J connectivity index is 0.000000606. The molecule has 1 fully saturated rings.